The van der Waals surface area contributed by atoms with E-state index in [4.69, 9.17) is 19.3 Å². The van der Waals surface area contributed by atoms with Gasteiger partial charge in [-0.25, -0.2) is 15.0 Å². The number of pyridine rings is 1. The van der Waals surface area contributed by atoms with E-state index < -0.39 is 18.1 Å². The molecule has 3 aliphatic rings. The number of nitrogens with one attached hydrogen (secondary N) is 3. The number of amides is 4. The first-order chi connectivity index (χ1) is 41.3. The van der Waals surface area contributed by atoms with Gasteiger partial charge in [-0.1, -0.05) is 98.8 Å². The lowest BCUT2D eigenvalue weighted by atomic mass is 9.89. The molecule has 18 nitrogen and oxygen atoms in total. The number of rotatable bonds is 22. The Kier molecular flexibility index (Phi) is 18.5. The van der Waals surface area contributed by atoms with Crippen molar-refractivity contribution in [3.8, 4) is 27.3 Å². The van der Waals surface area contributed by atoms with Crippen LogP contribution in [0.2, 0.25) is 0 Å². The van der Waals surface area contributed by atoms with Crippen molar-refractivity contribution >= 4 is 67.5 Å². The van der Waals surface area contributed by atoms with Crippen molar-refractivity contribution in [1.82, 2.24) is 45.4 Å². The lowest BCUT2D eigenvalue weighted by Crippen LogP contribution is -2.48. The van der Waals surface area contributed by atoms with Crippen molar-refractivity contribution in [3.05, 3.63) is 141 Å². The van der Waals surface area contributed by atoms with Crippen LogP contribution in [0.3, 0.4) is 0 Å². The molecule has 1 saturated carbocycles. The number of β-amino-alcohol motifs (C(OH)–C–C–N with tert-alkyl or cyclic N) is 1. The minimum atomic E-state index is -0.860. The largest absolute Gasteiger partial charge is 0.493 e. The molecule has 5 aromatic heterocycles. The fourth-order valence-corrected chi connectivity index (χ4v) is 13.9. The van der Waals surface area contributed by atoms with E-state index in [2.05, 4.69) is 53.6 Å². The Hall–Kier alpha value is -7.81. The molecule has 1 saturated heterocycles. The molecule has 4 amide bonds. The van der Waals surface area contributed by atoms with Crippen molar-refractivity contribution in [2.45, 2.75) is 143 Å². The molecule has 0 unspecified atom stereocenters. The van der Waals surface area contributed by atoms with E-state index in [1.54, 1.807) is 24.3 Å². The highest BCUT2D eigenvalue weighted by atomic mass is 32.1. The van der Waals surface area contributed by atoms with Gasteiger partial charge in [0.25, 0.3) is 11.8 Å². The Bertz CT molecular complexity index is 3660. The number of carbonyl (C=O) groups is 4. The van der Waals surface area contributed by atoms with Crippen LogP contribution in [0.1, 0.15) is 144 Å². The highest BCUT2D eigenvalue weighted by Gasteiger charge is 2.43. The lowest BCUT2D eigenvalue weighted by molar-refractivity contribution is -0.141. The zero-order valence-electron chi connectivity index (χ0n) is 49.1. The maximum atomic E-state index is 14.5. The second-order valence-corrected chi connectivity index (χ2v) is 25.2. The number of aliphatic hydroxyl groups excluding tert-OH is 1. The molecule has 3 aromatic carbocycles. The van der Waals surface area contributed by atoms with Gasteiger partial charge in [0.15, 0.2) is 5.13 Å². The first-order valence-corrected chi connectivity index (χ1v) is 31.7. The number of likely N-dealkylation sites (tertiary alicyclic amines) is 1. The number of benzene rings is 3. The molecule has 3 atom stereocenters. The minimum absolute atomic E-state index is 0.0461. The van der Waals surface area contributed by atoms with E-state index in [0.29, 0.717) is 78.0 Å². The molecule has 20 heteroatoms. The highest BCUT2D eigenvalue weighted by molar-refractivity contribution is 7.22. The van der Waals surface area contributed by atoms with Crippen molar-refractivity contribution in [2.75, 3.05) is 36.5 Å². The maximum Gasteiger partial charge on any atom is 0.270 e. The summed E-state index contributed by atoms with van der Waals surface area (Å²) in [5.74, 6) is 0.429. The van der Waals surface area contributed by atoms with E-state index in [9.17, 15) is 24.3 Å². The van der Waals surface area contributed by atoms with E-state index in [1.165, 1.54) is 48.3 Å². The van der Waals surface area contributed by atoms with Gasteiger partial charge in [-0.05, 0) is 118 Å². The number of unbranched alkanes of at least 4 members (excludes halogenated alkanes) is 3. The number of carbonyl (C=O) groups excluding carboxylic acids is 4. The van der Waals surface area contributed by atoms with Crippen molar-refractivity contribution in [1.29, 1.82) is 0 Å². The van der Waals surface area contributed by atoms with Crippen LogP contribution >= 0.6 is 22.7 Å². The van der Waals surface area contributed by atoms with Crippen LogP contribution in [0.15, 0.2) is 95.1 Å². The summed E-state index contributed by atoms with van der Waals surface area (Å²) in [6.07, 6.45) is 11.2. The average molecular weight is 1190 g/mol. The zero-order chi connectivity index (χ0) is 59.1. The van der Waals surface area contributed by atoms with Gasteiger partial charge in [0, 0.05) is 79.7 Å². The first-order valence-electron chi connectivity index (χ1n) is 30.0. The van der Waals surface area contributed by atoms with Crippen LogP contribution in [0.4, 0.5) is 10.9 Å². The van der Waals surface area contributed by atoms with Crippen LogP contribution in [0.5, 0.6) is 5.75 Å². The molecule has 0 bridgehead atoms. The summed E-state index contributed by atoms with van der Waals surface area (Å²) in [7, 11) is 0. The van der Waals surface area contributed by atoms with Gasteiger partial charge in [-0.15, -0.1) is 11.3 Å². The van der Waals surface area contributed by atoms with Gasteiger partial charge >= 0.3 is 0 Å². The van der Waals surface area contributed by atoms with E-state index in [1.807, 2.05) is 99.2 Å². The Morgan fingerprint density at radius 2 is 1.72 bits per heavy atom. The Balaban J connectivity index is 0.730. The molecule has 85 heavy (non-hydrogen) atoms. The number of para-hydroxylation sites is 1. The van der Waals surface area contributed by atoms with Crippen LogP contribution in [0.25, 0.3) is 31.8 Å². The topological polar surface area (TPSA) is 223 Å². The predicted octanol–water partition coefficient (Wildman–Crippen LogP) is 11.4. The van der Waals surface area contributed by atoms with Gasteiger partial charge in [0.05, 0.1) is 50.9 Å². The fourth-order valence-electron chi connectivity index (χ4n) is 12.3. The fraction of sp³-hybridized carbons (Fsp3) is 0.431. The van der Waals surface area contributed by atoms with Crippen LogP contribution in [-0.2, 0) is 35.6 Å². The van der Waals surface area contributed by atoms with Gasteiger partial charge in [-0.2, -0.15) is 5.10 Å². The molecule has 7 heterocycles. The standard InChI is InChI=1S/C65H75N11O7S2/c1-39(2)58(55-30-40(3)73-83-55)64(81)75-36-47(77)32-53(75)62(79)67-33-46-23-22-45(60-41(4)68-38-84-60)31-54(46)82-29-14-7-6-13-27-66-63(80)59-48(50-34-69-76(42(50)5)35-43-16-9-8-10-17-43)24-25-57(71-59)74-28-26-44-18-15-19-49(51(44)37-74)61(78)72-65-70-52-20-11-12-21-56(52)85-65/h11-12,15,18-25,30-31,34,38-39,43,47,53,58,77H,6-10,13-14,16-17,26-29,32-33,35-37H2,1-5H3,(H,66,80)(H,67,79)(H,70,72,78)/t47-,53+,58+/m1/s1. The molecule has 11 rings (SSSR count). The molecule has 1 aliphatic carbocycles. The number of aromatic nitrogens is 6. The summed E-state index contributed by atoms with van der Waals surface area (Å²) in [6.45, 7) is 12.8. The molecule has 2 fully saturated rings. The van der Waals surface area contributed by atoms with Crippen molar-refractivity contribution in [3.63, 3.8) is 0 Å². The van der Waals surface area contributed by atoms with Gasteiger partial charge < -0.3 is 34.8 Å². The third-order valence-electron chi connectivity index (χ3n) is 16.9. The van der Waals surface area contributed by atoms with Crippen LogP contribution in [-0.4, -0.2) is 102 Å². The lowest BCUT2D eigenvalue weighted by Gasteiger charge is -2.31. The SMILES string of the molecule is Cc1cc([C@@H](C(=O)N2C[C@H](O)C[C@H]2C(=O)NCc2ccc(-c3scnc3C)cc2OCCCCCCNC(=O)c2nc(N3CCc4cccc(C(=O)Nc5nc6ccccc6s5)c4C3)ccc2-c2cnn(CC3CCCCC3)c2C)C(C)C)on1. The smallest absolute Gasteiger partial charge is 0.270 e. The molecule has 2 aliphatic heterocycles. The number of hydrogen-bond acceptors (Lipinski definition) is 15. The van der Waals surface area contributed by atoms with E-state index in [0.717, 1.165) is 92.1 Å². The summed E-state index contributed by atoms with van der Waals surface area (Å²) in [5.41, 5.74) is 11.6. The molecule has 0 spiro atoms. The summed E-state index contributed by atoms with van der Waals surface area (Å²) < 4.78 is 15.1. The van der Waals surface area contributed by atoms with Crippen molar-refractivity contribution in [2.24, 2.45) is 11.8 Å². The normalized spacial score (nSPS) is 16.6. The quantitative estimate of drug-likeness (QED) is 0.0464. The summed E-state index contributed by atoms with van der Waals surface area (Å²) in [6, 6.07) is 24.5. The van der Waals surface area contributed by atoms with E-state index in [-0.39, 0.29) is 49.1 Å². The van der Waals surface area contributed by atoms with E-state index >= 15 is 0 Å². The summed E-state index contributed by atoms with van der Waals surface area (Å²) in [4.78, 5) is 75.4. The Labute approximate surface area is 503 Å². The van der Waals surface area contributed by atoms with Gasteiger partial charge in [-0.3, -0.25) is 29.2 Å². The number of fused-ring (bicyclic) bond motifs is 2. The van der Waals surface area contributed by atoms with Gasteiger partial charge in [0.1, 0.15) is 35.0 Å². The molecular weight excluding hydrogens is 1110 g/mol. The minimum Gasteiger partial charge on any atom is -0.493 e. The number of aliphatic hydroxyl groups is 1. The second-order valence-electron chi connectivity index (χ2n) is 23.3. The monoisotopic (exact) mass is 1190 g/mol. The van der Waals surface area contributed by atoms with Crippen LogP contribution in [0, 0.1) is 32.6 Å². The summed E-state index contributed by atoms with van der Waals surface area (Å²) >= 11 is 3.00. The number of anilines is 2. The Morgan fingerprint density at radius 3 is 2.51 bits per heavy atom. The molecular formula is C65H75N11O7S2. The molecule has 0 radical (unpaired) electrons. The third-order valence-corrected chi connectivity index (χ3v) is 18.8. The van der Waals surface area contributed by atoms with Crippen LogP contribution < -0.4 is 25.6 Å². The molecule has 8 aromatic rings. The molecule has 444 valence electrons. The highest BCUT2D eigenvalue weighted by Crippen LogP contribution is 2.37. The average Bonchev–Trinajstić information content (AvgIpc) is 3.22. The third kappa shape index (κ3) is 13.5. The predicted molar refractivity (Wildman–Crippen MR) is 331 cm³/mol. The first kappa shape index (κ1) is 58.9. The zero-order valence-corrected chi connectivity index (χ0v) is 50.7. The number of nitrogens with zero attached hydrogens (tertiary/aromatic N) is 8. The number of ether oxygens (including phenoxy) is 1. The second kappa shape index (κ2) is 26.6. The number of aryl methyl sites for hydroxylation is 2. The Morgan fingerprint density at radius 1 is 0.882 bits per heavy atom. The maximum absolute atomic E-state index is 14.5. The number of hydrogen-bond donors (Lipinski definition) is 4. The van der Waals surface area contributed by atoms with Gasteiger partial charge in [0.2, 0.25) is 11.8 Å². The number of thiazole rings is 2. The van der Waals surface area contributed by atoms with Crippen molar-refractivity contribution < 1.29 is 33.5 Å². The summed E-state index contributed by atoms with van der Waals surface area (Å²) in [5, 5.41) is 29.5. The molecule has 4 N–H and O–H groups in total.